The number of ketones is 2. The van der Waals surface area contributed by atoms with Gasteiger partial charge in [0.1, 0.15) is 5.92 Å². The molecule has 0 aliphatic heterocycles. The van der Waals surface area contributed by atoms with Crippen LogP contribution in [0.4, 0.5) is 0 Å². The number of hydrogen-bond acceptors (Lipinski definition) is 2. The summed E-state index contributed by atoms with van der Waals surface area (Å²) in [5.74, 6) is -0.740. The monoisotopic (exact) mass is 136 g/mol. The first-order valence-electron chi connectivity index (χ1n) is 3.09. The average molecular weight is 136 g/mol. The van der Waals surface area contributed by atoms with Crippen molar-refractivity contribution in [2.24, 2.45) is 5.92 Å². The van der Waals surface area contributed by atoms with Crippen molar-refractivity contribution < 1.29 is 9.59 Å². The molecule has 1 aliphatic carbocycles. The highest BCUT2D eigenvalue weighted by atomic mass is 16.2. The van der Waals surface area contributed by atoms with Crippen LogP contribution in [0.25, 0.3) is 0 Å². The molecule has 0 heterocycles. The molecule has 0 unspecified atom stereocenters. The van der Waals surface area contributed by atoms with Gasteiger partial charge in [0.15, 0.2) is 11.6 Å². The van der Waals surface area contributed by atoms with Crippen LogP contribution in [0.3, 0.4) is 0 Å². The van der Waals surface area contributed by atoms with Gasteiger partial charge in [0.25, 0.3) is 0 Å². The highest BCUT2D eigenvalue weighted by Gasteiger charge is 2.40. The van der Waals surface area contributed by atoms with E-state index in [1.54, 1.807) is 13.0 Å². The third-order valence-corrected chi connectivity index (χ3v) is 1.62. The Morgan fingerprint density at radius 1 is 1.40 bits per heavy atom. The minimum atomic E-state index is -0.550. The first kappa shape index (κ1) is 6.93. The molecule has 2 heteroatoms. The summed E-state index contributed by atoms with van der Waals surface area (Å²) in [6, 6.07) is 0. The summed E-state index contributed by atoms with van der Waals surface area (Å²) in [6.45, 7) is 5.07. The first-order valence-corrected chi connectivity index (χ1v) is 3.09. The second-order valence-corrected chi connectivity index (χ2v) is 2.14. The number of allylic oxidation sites excluding steroid dienone is 3. The van der Waals surface area contributed by atoms with E-state index in [0.29, 0.717) is 5.57 Å². The highest BCUT2D eigenvalue weighted by Crippen LogP contribution is 2.24. The molecule has 0 atom stereocenters. The Morgan fingerprint density at radius 2 is 1.90 bits per heavy atom. The van der Waals surface area contributed by atoms with E-state index in [1.165, 1.54) is 6.08 Å². The third-order valence-electron chi connectivity index (χ3n) is 1.62. The molecule has 52 valence electrons. The van der Waals surface area contributed by atoms with E-state index in [-0.39, 0.29) is 11.6 Å². The van der Waals surface area contributed by atoms with Crippen LogP contribution < -0.4 is 0 Å². The Bertz CT molecular complexity index is 218. The van der Waals surface area contributed by atoms with Crippen LogP contribution in [0.2, 0.25) is 0 Å². The number of carbonyl (C=O) groups is 2. The molecule has 1 aliphatic rings. The summed E-state index contributed by atoms with van der Waals surface area (Å²) in [4.78, 5) is 21.7. The molecule has 1 saturated carbocycles. The van der Waals surface area contributed by atoms with Crippen LogP contribution in [0.5, 0.6) is 0 Å². The van der Waals surface area contributed by atoms with Crippen molar-refractivity contribution in [3.63, 3.8) is 0 Å². The maximum atomic E-state index is 10.9. The predicted molar refractivity (Wildman–Crippen MR) is 37.5 cm³/mol. The molecule has 10 heavy (non-hydrogen) atoms. The third kappa shape index (κ3) is 0.652. The van der Waals surface area contributed by atoms with Crippen molar-refractivity contribution in [1.29, 1.82) is 0 Å². The lowest BCUT2D eigenvalue weighted by Crippen LogP contribution is -2.39. The number of Topliss-reactive ketones (excluding diaryl/α,β-unsaturated/α-hetero) is 2. The van der Waals surface area contributed by atoms with E-state index in [0.717, 1.165) is 0 Å². The molecule has 0 radical (unpaired) electrons. The van der Waals surface area contributed by atoms with Crippen LogP contribution in [-0.2, 0) is 9.59 Å². The summed E-state index contributed by atoms with van der Waals surface area (Å²) in [5, 5.41) is 0. The molecule has 2 nitrogen and oxygen atoms in total. The van der Waals surface area contributed by atoms with Crippen LogP contribution in [0.1, 0.15) is 6.92 Å². The summed E-state index contributed by atoms with van der Waals surface area (Å²) in [6.07, 6.45) is 2.93. The van der Waals surface area contributed by atoms with Gasteiger partial charge in [0.2, 0.25) is 0 Å². The smallest absolute Gasteiger partial charge is 0.180 e. The Balaban J connectivity index is 2.87. The zero-order chi connectivity index (χ0) is 7.72. The minimum absolute atomic E-state index is 0.0949. The van der Waals surface area contributed by atoms with E-state index in [4.69, 9.17) is 0 Å². The van der Waals surface area contributed by atoms with Gasteiger partial charge in [-0.3, -0.25) is 9.59 Å². The van der Waals surface area contributed by atoms with E-state index >= 15 is 0 Å². The fourth-order valence-corrected chi connectivity index (χ4v) is 0.996. The lowest BCUT2D eigenvalue weighted by molar-refractivity contribution is -0.134. The maximum absolute atomic E-state index is 10.9. The van der Waals surface area contributed by atoms with Gasteiger partial charge in [-0.25, -0.2) is 0 Å². The molecule has 1 rings (SSSR count). The summed E-state index contributed by atoms with van der Waals surface area (Å²) >= 11 is 0. The van der Waals surface area contributed by atoms with Crippen LogP contribution >= 0.6 is 0 Å². The molecular weight excluding hydrogens is 128 g/mol. The molecule has 0 saturated heterocycles. The van der Waals surface area contributed by atoms with Crippen LogP contribution in [-0.4, -0.2) is 11.6 Å². The fraction of sp³-hybridized carbons (Fsp3) is 0.250. The molecule has 0 aromatic heterocycles. The fourth-order valence-electron chi connectivity index (χ4n) is 0.996. The summed E-state index contributed by atoms with van der Waals surface area (Å²) < 4.78 is 0. The molecular formula is C8H8O2. The van der Waals surface area contributed by atoms with Gasteiger partial charge in [-0.05, 0) is 6.92 Å². The van der Waals surface area contributed by atoms with E-state index < -0.39 is 5.92 Å². The second-order valence-electron chi connectivity index (χ2n) is 2.14. The molecule has 0 amide bonds. The standard InChI is InChI=1S/C8H8O2/c1-3-5-7(9)6(4-2)8(5)10/h3-5H,1H2,2H3. The lowest BCUT2D eigenvalue weighted by atomic mass is 9.77. The van der Waals surface area contributed by atoms with Gasteiger partial charge in [-0.15, -0.1) is 6.58 Å². The Labute approximate surface area is 59.2 Å². The summed E-state index contributed by atoms with van der Waals surface area (Å²) in [7, 11) is 0. The van der Waals surface area contributed by atoms with Crippen molar-refractivity contribution in [3.05, 3.63) is 24.3 Å². The predicted octanol–water partition coefficient (Wildman–Crippen LogP) is 0.887. The SMILES string of the molecule is C=CC1C(=O)C(=CC)C1=O. The zero-order valence-electron chi connectivity index (χ0n) is 5.76. The topological polar surface area (TPSA) is 34.1 Å². The molecule has 0 spiro atoms. The Morgan fingerprint density at radius 3 is 2.20 bits per heavy atom. The van der Waals surface area contributed by atoms with Gasteiger partial charge < -0.3 is 0 Å². The molecule has 0 aromatic carbocycles. The van der Waals surface area contributed by atoms with Crippen molar-refractivity contribution in [1.82, 2.24) is 0 Å². The van der Waals surface area contributed by atoms with E-state index in [1.807, 2.05) is 0 Å². The molecule has 0 bridgehead atoms. The van der Waals surface area contributed by atoms with Crippen molar-refractivity contribution in [2.75, 3.05) is 0 Å². The van der Waals surface area contributed by atoms with Gasteiger partial charge >= 0.3 is 0 Å². The van der Waals surface area contributed by atoms with E-state index in [2.05, 4.69) is 6.58 Å². The van der Waals surface area contributed by atoms with Crippen molar-refractivity contribution in [2.45, 2.75) is 6.92 Å². The first-order chi connectivity index (χ1) is 4.72. The van der Waals surface area contributed by atoms with Crippen molar-refractivity contribution in [3.8, 4) is 0 Å². The van der Waals surface area contributed by atoms with Crippen LogP contribution in [0.15, 0.2) is 24.3 Å². The molecule has 0 aromatic rings. The normalized spacial score (nSPS) is 24.1. The van der Waals surface area contributed by atoms with E-state index in [9.17, 15) is 9.59 Å². The van der Waals surface area contributed by atoms with Gasteiger partial charge in [0, 0.05) is 0 Å². The van der Waals surface area contributed by atoms with Gasteiger partial charge in [0.05, 0.1) is 5.57 Å². The maximum Gasteiger partial charge on any atom is 0.180 e. The lowest BCUT2D eigenvalue weighted by Gasteiger charge is -2.21. The zero-order valence-corrected chi connectivity index (χ0v) is 5.76. The molecule has 1 fully saturated rings. The van der Waals surface area contributed by atoms with Crippen molar-refractivity contribution >= 4 is 11.6 Å². The minimum Gasteiger partial charge on any atom is -0.293 e. The number of carbonyl (C=O) groups excluding carboxylic acids is 2. The Hall–Kier alpha value is -1.18. The number of rotatable bonds is 1. The largest absolute Gasteiger partial charge is 0.293 e. The average Bonchev–Trinajstić information content (AvgIpc) is 1.90. The summed E-state index contributed by atoms with van der Waals surface area (Å²) in [5.41, 5.74) is 0.324. The second kappa shape index (κ2) is 2.21. The highest BCUT2D eigenvalue weighted by molar-refractivity contribution is 6.39. The van der Waals surface area contributed by atoms with Gasteiger partial charge in [-0.2, -0.15) is 0 Å². The van der Waals surface area contributed by atoms with Gasteiger partial charge in [-0.1, -0.05) is 12.2 Å². The quantitative estimate of drug-likeness (QED) is 0.232. The Kier molecular flexibility index (Phi) is 1.53. The number of hydrogen-bond donors (Lipinski definition) is 0. The molecule has 0 N–H and O–H groups in total. The van der Waals surface area contributed by atoms with Crippen LogP contribution in [0, 0.1) is 5.92 Å².